The molecule has 0 heterocycles. The lowest BCUT2D eigenvalue weighted by Gasteiger charge is -2.58. The second-order valence-electron chi connectivity index (χ2n) is 14.0. The van der Waals surface area contributed by atoms with Crippen LogP contribution in [0.15, 0.2) is 24.3 Å². The number of allylic oxidation sites excluding steroid dienone is 2. The Balaban J connectivity index is 1.55. The standard InChI is InChI=1S/C29H50O2Si/c1-10-19(2)26-25(30)18-24-22-12-11-20-17-21(31-32(8,9)27(3,4)5)13-15-28(20,6)23(22)14-16-29(24,26)7/h10-11,19,21-26,30H,1,12-18H2,2-9H3/t19-,21+,22-,23+,24+,25-,26+,28+,29+/m1/s1. The summed E-state index contributed by atoms with van der Waals surface area (Å²) in [6.45, 7) is 23.3. The quantitative estimate of drug-likeness (QED) is 0.345. The second kappa shape index (κ2) is 8.09. The minimum atomic E-state index is -1.73. The molecule has 0 spiro atoms. The lowest BCUT2D eigenvalue weighted by Crippen LogP contribution is -2.52. The smallest absolute Gasteiger partial charge is 0.192 e. The van der Waals surface area contributed by atoms with Crippen LogP contribution in [0.2, 0.25) is 18.1 Å². The molecule has 4 aliphatic carbocycles. The molecule has 2 nitrogen and oxygen atoms in total. The van der Waals surface area contributed by atoms with E-state index in [1.807, 2.05) is 0 Å². The first kappa shape index (κ1) is 24.7. The van der Waals surface area contributed by atoms with Crippen LogP contribution in [0.3, 0.4) is 0 Å². The van der Waals surface area contributed by atoms with Crippen LogP contribution >= 0.6 is 0 Å². The van der Waals surface area contributed by atoms with Gasteiger partial charge in [-0.3, -0.25) is 0 Å². The van der Waals surface area contributed by atoms with Crippen LogP contribution in [0, 0.1) is 40.4 Å². The first-order chi connectivity index (χ1) is 14.7. The average Bonchev–Trinajstić information content (AvgIpc) is 2.96. The molecule has 0 amide bonds. The zero-order chi connectivity index (χ0) is 23.7. The summed E-state index contributed by atoms with van der Waals surface area (Å²) in [7, 11) is -1.73. The second-order valence-corrected chi connectivity index (χ2v) is 18.7. The number of fused-ring (bicyclic) bond motifs is 5. The summed E-state index contributed by atoms with van der Waals surface area (Å²) in [5.41, 5.74) is 2.30. The van der Waals surface area contributed by atoms with Gasteiger partial charge in [0.15, 0.2) is 8.32 Å². The monoisotopic (exact) mass is 458 g/mol. The lowest BCUT2D eigenvalue weighted by atomic mass is 9.47. The largest absolute Gasteiger partial charge is 0.414 e. The molecule has 0 saturated heterocycles. The molecule has 4 aliphatic rings. The normalized spacial score (nSPS) is 45.3. The summed E-state index contributed by atoms with van der Waals surface area (Å²) in [6, 6.07) is 0. The minimum Gasteiger partial charge on any atom is -0.414 e. The summed E-state index contributed by atoms with van der Waals surface area (Å²) in [4.78, 5) is 0. The van der Waals surface area contributed by atoms with Gasteiger partial charge in [-0.2, -0.15) is 0 Å². The number of hydrogen-bond donors (Lipinski definition) is 1. The molecule has 3 saturated carbocycles. The van der Waals surface area contributed by atoms with Crippen molar-refractivity contribution in [2.24, 2.45) is 40.4 Å². The maximum absolute atomic E-state index is 11.1. The molecule has 9 atom stereocenters. The van der Waals surface area contributed by atoms with Crippen LogP contribution in [0.5, 0.6) is 0 Å². The highest BCUT2D eigenvalue weighted by Crippen LogP contribution is 2.67. The van der Waals surface area contributed by atoms with Crippen LogP contribution in [0.4, 0.5) is 0 Å². The molecule has 32 heavy (non-hydrogen) atoms. The van der Waals surface area contributed by atoms with E-state index >= 15 is 0 Å². The van der Waals surface area contributed by atoms with Crippen molar-refractivity contribution in [2.75, 3.05) is 0 Å². The summed E-state index contributed by atoms with van der Waals surface area (Å²) in [5.74, 6) is 2.93. The van der Waals surface area contributed by atoms with Gasteiger partial charge in [0.2, 0.25) is 0 Å². The summed E-state index contributed by atoms with van der Waals surface area (Å²) in [5, 5.41) is 11.4. The van der Waals surface area contributed by atoms with E-state index in [4.69, 9.17) is 4.43 Å². The Morgan fingerprint density at radius 2 is 1.88 bits per heavy atom. The van der Waals surface area contributed by atoms with E-state index < -0.39 is 8.32 Å². The van der Waals surface area contributed by atoms with Crippen molar-refractivity contribution in [3.8, 4) is 0 Å². The maximum atomic E-state index is 11.1. The molecule has 0 unspecified atom stereocenters. The fourth-order valence-corrected chi connectivity index (χ4v) is 9.86. The van der Waals surface area contributed by atoms with E-state index in [2.05, 4.69) is 73.4 Å². The zero-order valence-corrected chi connectivity index (χ0v) is 23.2. The highest BCUT2D eigenvalue weighted by Gasteiger charge is 2.61. The average molecular weight is 459 g/mol. The Labute approximate surface area is 199 Å². The van der Waals surface area contributed by atoms with Crippen LogP contribution < -0.4 is 0 Å². The predicted molar refractivity (Wildman–Crippen MR) is 138 cm³/mol. The van der Waals surface area contributed by atoms with Crippen molar-refractivity contribution in [3.63, 3.8) is 0 Å². The molecule has 1 N–H and O–H groups in total. The maximum Gasteiger partial charge on any atom is 0.192 e. The van der Waals surface area contributed by atoms with Gasteiger partial charge in [-0.25, -0.2) is 0 Å². The molecule has 0 aliphatic heterocycles. The van der Waals surface area contributed by atoms with Crippen LogP contribution in [-0.2, 0) is 4.43 Å². The van der Waals surface area contributed by atoms with Gasteiger partial charge in [-0.15, -0.1) is 6.58 Å². The van der Waals surface area contributed by atoms with Crippen molar-refractivity contribution >= 4 is 8.32 Å². The first-order valence-electron chi connectivity index (χ1n) is 13.4. The highest BCUT2D eigenvalue weighted by molar-refractivity contribution is 6.74. The molecule has 3 heteroatoms. The van der Waals surface area contributed by atoms with E-state index in [0.29, 0.717) is 29.3 Å². The molecule has 0 aromatic rings. The van der Waals surface area contributed by atoms with Crippen molar-refractivity contribution < 1.29 is 9.53 Å². The molecule has 182 valence electrons. The summed E-state index contributed by atoms with van der Waals surface area (Å²) < 4.78 is 6.88. The Morgan fingerprint density at radius 3 is 2.50 bits per heavy atom. The molecule has 0 radical (unpaired) electrons. The van der Waals surface area contributed by atoms with E-state index in [9.17, 15) is 5.11 Å². The van der Waals surface area contributed by atoms with Gasteiger partial charge >= 0.3 is 0 Å². The van der Waals surface area contributed by atoms with Gasteiger partial charge in [0.1, 0.15) is 0 Å². The predicted octanol–water partition coefficient (Wildman–Crippen LogP) is 7.75. The Hall–Kier alpha value is -0.383. The number of hydrogen-bond acceptors (Lipinski definition) is 2. The van der Waals surface area contributed by atoms with E-state index in [1.54, 1.807) is 5.57 Å². The van der Waals surface area contributed by atoms with Crippen LogP contribution in [0.1, 0.15) is 86.5 Å². The van der Waals surface area contributed by atoms with Crippen molar-refractivity contribution in [3.05, 3.63) is 24.3 Å². The summed E-state index contributed by atoms with van der Waals surface area (Å²) >= 11 is 0. The molecule has 0 bridgehead atoms. The van der Waals surface area contributed by atoms with Crippen LogP contribution in [-0.4, -0.2) is 25.6 Å². The summed E-state index contributed by atoms with van der Waals surface area (Å²) in [6.07, 6.45) is 13.4. The minimum absolute atomic E-state index is 0.163. The topological polar surface area (TPSA) is 29.5 Å². The van der Waals surface area contributed by atoms with Gasteiger partial charge in [0.25, 0.3) is 0 Å². The van der Waals surface area contributed by atoms with Crippen molar-refractivity contribution in [1.82, 2.24) is 0 Å². The van der Waals surface area contributed by atoms with Crippen molar-refractivity contribution in [1.29, 1.82) is 0 Å². The molecule has 0 aromatic carbocycles. The SMILES string of the molecule is C=C[C@@H](C)[C@H]1[C@H](O)C[C@H]2[C@@H]3CC=C4C[C@@H](O[Si](C)(C)C(C)(C)C)CC[C@]4(C)[C@H]3CC[C@]12C. The Kier molecular flexibility index (Phi) is 6.25. The van der Waals surface area contributed by atoms with Gasteiger partial charge in [-0.05, 0) is 103 Å². The number of rotatable bonds is 4. The molecular weight excluding hydrogens is 408 g/mol. The number of aliphatic hydroxyl groups excluding tert-OH is 1. The van der Waals surface area contributed by atoms with Crippen LogP contribution in [0.25, 0.3) is 0 Å². The third kappa shape index (κ3) is 3.73. The van der Waals surface area contributed by atoms with Gasteiger partial charge in [0.05, 0.1) is 6.10 Å². The van der Waals surface area contributed by atoms with Gasteiger partial charge in [0, 0.05) is 6.10 Å². The third-order valence-corrected chi connectivity index (χ3v) is 15.9. The van der Waals surface area contributed by atoms with Gasteiger partial charge < -0.3 is 9.53 Å². The highest BCUT2D eigenvalue weighted by atomic mass is 28.4. The third-order valence-electron chi connectivity index (χ3n) is 11.4. The van der Waals surface area contributed by atoms with E-state index in [0.717, 1.165) is 24.7 Å². The molecular formula is C29H50O2Si. The zero-order valence-electron chi connectivity index (χ0n) is 22.2. The fourth-order valence-electron chi connectivity index (χ4n) is 8.47. The van der Waals surface area contributed by atoms with E-state index in [-0.39, 0.29) is 16.6 Å². The first-order valence-corrected chi connectivity index (χ1v) is 16.3. The Morgan fingerprint density at radius 1 is 1.19 bits per heavy atom. The Bertz CT molecular complexity index is 764. The molecule has 3 fully saturated rings. The van der Waals surface area contributed by atoms with E-state index in [1.165, 1.54) is 32.1 Å². The van der Waals surface area contributed by atoms with Gasteiger partial charge in [-0.1, -0.05) is 59.3 Å². The number of aliphatic hydroxyl groups is 1. The molecule has 4 rings (SSSR count). The fraction of sp³-hybridized carbons (Fsp3) is 0.862. The van der Waals surface area contributed by atoms with Crippen molar-refractivity contribution in [2.45, 2.75) is 117 Å². The molecule has 0 aromatic heterocycles. The lowest BCUT2D eigenvalue weighted by molar-refractivity contribution is -0.0567.